The number of imide groups is 1. The Bertz CT molecular complexity index is 1340. The van der Waals surface area contributed by atoms with Crippen molar-refractivity contribution in [3.8, 4) is 5.75 Å². The van der Waals surface area contributed by atoms with E-state index in [4.69, 9.17) is 15.5 Å². The van der Waals surface area contributed by atoms with Crippen molar-refractivity contribution in [2.75, 3.05) is 41.9 Å². The first-order chi connectivity index (χ1) is 18.9. The van der Waals surface area contributed by atoms with Crippen LogP contribution in [0.2, 0.25) is 0 Å². The number of amides is 2. The number of fused-ring (bicyclic) bond motifs is 1. The Labute approximate surface area is 228 Å². The highest BCUT2D eigenvalue weighted by atomic mass is 16.5. The third-order valence-corrected chi connectivity index (χ3v) is 7.25. The van der Waals surface area contributed by atoms with Crippen LogP contribution in [0.25, 0.3) is 0 Å². The normalized spacial score (nSPS) is 15.3. The number of aryl methyl sites for hydroxylation is 1. The summed E-state index contributed by atoms with van der Waals surface area (Å²) in [5.74, 6) is 1.71. The molecule has 1 aromatic heterocycles. The molecule has 0 spiro atoms. The third-order valence-electron chi connectivity index (χ3n) is 7.25. The molecule has 2 aliphatic rings. The summed E-state index contributed by atoms with van der Waals surface area (Å²) in [4.78, 5) is 35.5. The molecule has 1 aliphatic carbocycles. The van der Waals surface area contributed by atoms with E-state index in [9.17, 15) is 9.59 Å². The summed E-state index contributed by atoms with van der Waals surface area (Å²) >= 11 is 0. The summed E-state index contributed by atoms with van der Waals surface area (Å²) in [5.41, 5.74) is 9.67. The van der Waals surface area contributed by atoms with Gasteiger partial charge in [-0.25, -0.2) is 0 Å². The lowest BCUT2D eigenvalue weighted by Crippen LogP contribution is -2.31. The van der Waals surface area contributed by atoms with Gasteiger partial charge in [-0.3, -0.25) is 14.5 Å². The minimum absolute atomic E-state index is 0.246. The number of anilines is 5. The number of hydrogen-bond donors (Lipinski definition) is 4. The van der Waals surface area contributed by atoms with E-state index in [1.807, 2.05) is 32.2 Å². The summed E-state index contributed by atoms with van der Waals surface area (Å²) in [6.45, 7) is 2.66. The van der Waals surface area contributed by atoms with Gasteiger partial charge < -0.3 is 26.4 Å². The van der Waals surface area contributed by atoms with Crippen LogP contribution in [0.4, 0.5) is 29.0 Å². The molecular formula is C29H35N7O3. The van der Waals surface area contributed by atoms with Crippen molar-refractivity contribution >= 4 is 40.8 Å². The van der Waals surface area contributed by atoms with Crippen LogP contribution in [0.1, 0.15) is 64.8 Å². The Morgan fingerprint density at radius 2 is 1.74 bits per heavy atom. The molecule has 2 amide bonds. The van der Waals surface area contributed by atoms with Gasteiger partial charge in [0.2, 0.25) is 5.95 Å². The number of hydrogen-bond acceptors (Lipinski definition) is 9. The van der Waals surface area contributed by atoms with E-state index in [1.54, 1.807) is 24.3 Å². The van der Waals surface area contributed by atoms with E-state index in [0.29, 0.717) is 65.8 Å². The zero-order valence-electron chi connectivity index (χ0n) is 22.4. The average Bonchev–Trinajstić information content (AvgIpc) is 3.18. The first-order valence-electron chi connectivity index (χ1n) is 13.5. The Balaban J connectivity index is 1.18. The largest absolute Gasteiger partial charge is 0.494 e. The van der Waals surface area contributed by atoms with E-state index in [0.717, 1.165) is 24.1 Å². The maximum atomic E-state index is 12.5. The van der Waals surface area contributed by atoms with Crippen LogP contribution in [0.15, 0.2) is 42.5 Å². The first kappa shape index (κ1) is 26.3. The minimum atomic E-state index is -0.246. The van der Waals surface area contributed by atoms with Gasteiger partial charge in [-0.15, -0.1) is 0 Å². The van der Waals surface area contributed by atoms with Gasteiger partial charge in [0.05, 0.1) is 17.7 Å². The van der Waals surface area contributed by atoms with Gasteiger partial charge in [0, 0.05) is 25.3 Å². The molecule has 1 aliphatic heterocycles. The van der Waals surface area contributed by atoms with Gasteiger partial charge in [-0.05, 0) is 62.1 Å². The van der Waals surface area contributed by atoms with Gasteiger partial charge in [0.25, 0.3) is 11.8 Å². The second-order valence-electron chi connectivity index (χ2n) is 10.00. The predicted octanol–water partition coefficient (Wildman–Crippen LogP) is 4.96. The molecule has 1 fully saturated rings. The SMILES string of the molecule is CNc1c(N)nc(Nc2ccc(OCCCN3C(=O)c4ccccc4C3=O)cc2C)nc1NC1CCCCC1. The van der Waals surface area contributed by atoms with Crippen LogP contribution in [0.5, 0.6) is 5.75 Å². The summed E-state index contributed by atoms with van der Waals surface area (Å²) in [7, 11) is 1.82. The quantitative estimate of drug-likeness (QED) is 0.212. The van der Waals surface area contributed by atoms with Crippen LogP contribution in [-0.4, -0.2) is 52.9 Å². The zero-order chi connectivity index (χ0) is 27.4. The number of carbonyl (C=O) groups is 2. The molecule has 0 bridgehead atoms. The molecular weight excluding hydrogens is 494 g/mol. The standard InChI is InChI=1S/C29H35N7O3/c1-18-17-20(39-16-8-15-36-27(37)21-11-6-7-12-22(21)28(36)38)13-14-23(18)33-29-34-25(30)24(31-2)26(35-29)32-19-9-4-3-5-10-19/h6-7,11-14,17,19,31H,3-5,8-10,15-16H2,1-2H3,(H4,30,32,33,34,35). The number of nitrogens with zero attached hydrogens (tertiary/aromatic N) is 3. The number of nitrogens with one attached hydrogen (secondary N) is 3. The molecule has 10 heteroatoms. The zero-order valence-corrected chi connectivity index (χ0v) is 22.4. The fourth-order valence-electron chi connectivity index (χ4n) is 5.17. The molecule has 39 heavy (non-hydrogen) atoms. The summed E-state index contributed by atoms with van der Waals surface area (Å²) < 4.78 is 5.91. The lowest BCUT2D eigenvalue weighted by atomic mass is 9.95. The first-order valence-corrected chi connectivity index (χ1v) is 13.5. The van der Waals surface area contributed by atoms with Crippen molar-refractivity contribution < 1.29 is 14.3 Å². The van der Waals surface area contributed by atoms with Crippen molar-refractivity contribution in [3.63, 3.8) is 0 Å². The number of carbonyl (C=O) groups excluding carboxylic acids is 2. The van der Waals surface area contributed by atoms with Crippen molar-refractivity contribution in [1.29, 1.82) is 0 Å². The van der Waals surface area contributed by atoms with Gasteiger partial charge in [-0.2, -0.15) is 9.97 Å². The van der Waals surface area contributed by atoms with E-state index in [2.05, 4.69) is 20.9 Å². The second-order valence-corrected chi connectivity index (χ2v) is 10.00. The predicted molar refractivity (Wildman–Crippen MR) is 153 cm³/mol. The lowest BCUT2D eigenvalue weighted by Gasteiger charge is -2.25. The van der Waals surface area contributed by atoms with Crippen LogP contribution in [0.3, 0.4) is 0 Å². The van der Waals surface area contributed by atoms with E-state index < -0.39 is 0 Å². The van der Waals surface area contributed by atoms with Crippen LogP contribution in [0, 0.1) is 6.92 Å². The van der Waals surface area contributed by atoms with E-state index in [1.165, 1.54) is 24.2 Å². The van der Waals surface area contributed by atoms with Crippen LogP contribution < -0.4 is 26.4 Å². The maximum Gasteiger partial charge on any atom is 0.261 e. The summed E-state index contributed by atoms with van der Waals surface area (Å²) in [6, 6.07) is 13.0. The smallest absolute Gasteiger partial charge is 0.261 e. The maximum absolute atomic E-state index is 12.5. The molecule has 204 valence electrons. The molecule has 0 radical (unpaired) electrons. The minimum Gasteiger partial charge on any atom is -0.494 e. The van der Waals surface area contributed by atoms with Crippen molar-refractivity contribution in [3.05, 3.63) is 59.2 Å². The number of nitrogen functional groups attached to an aromatic ring is 1. The van der Waals surface area contributed by atoms with Gasteiger partial charge in [0.15, 0.2) is 11.6 Å². The van der Waals surface area contributed by atoms with Gasteiger partial charge in [-0.1, -0.05) is 31.4 Å². The third kappa shape index (κ3) is 5.74. The Kier molecular flexibility index (Phi) is 7.81. The molecule has 2 aromatic carbocycles. The monoisotopic (exact) mass is 529 g/mol. The number of nitrogens with two attached hydrogens (primary N) is 1. The number of rotatable bonds is 10. The molecule has 10 nitrogen and oxygen atoms in total. The molecule has 5 rings (SSSR count). The molecule has 0 atom stereocenters. The van der Waals surface area contributed by atoms with Crippen LogP contribution >= 0.6 is 0 Å². The second kappa shape index (κ2) is 11.6. The molecule has 5 N–H and O–H groups in total. The van der Waals surface area contributed by atoms with Crippen LogP contribution in [-0.2, 0) is 0 Å². The Morgan fingerprint density at radius 1 is 1.03 bits per heavy atom. The Hall–Kier alpha value is -4.34. The topological polar surface area (TPSA) is 134 Å². The molecule has 1 saturated carbocycles. The molecule has 3 aromatic rings. The molecule has 2 heterocycles. The molecule has 0 unspecified atom stereocenters. The lowest BCUT2D eigenvalue weighted by molar-refractivity contribution is 0.0646. The summed E-state index contributed by atoms with van der Waals surface area (Å²) in [6.07, 6.45) is 6.49. The number of aromatic nitrogens is 2. The van der Waals surface area contributed by atoms with Gasteiger partial charge in [0.1, 0.15) is 11.4 Å². The fourth-order valence-corrected chi connectivity index (χ4v) is 5.17. The Morgan fingerprint density at radius 3 is 2.41 bits per heavy atom. The fraction of sp³-hybridized carbons (Fsp3) is 0.379. The highest BCUT2D eigenvalue weighted by Crippen LogP contribution is 2.31. The van der Waals surface area contributed by atoms with Crippen molar-refractivity contribution in [2.24, 2.45) is 0 Å². The van der Waals surface area contributed by atoms with E-state index in [-0.39, 0.29) is 11.8 Å². The summed E-state index contributed by atoms with van der Waals surface area (Å²) in [5, 5.41) is 9.95. The van der Waals surface area contributed by atoms with Crippen molar-refractivity contribution in [1.82, 2.24) is 14.9 Å². The highest BCUT2D eigenvalue weighted by Gasteiger charge is 2.34. The average molecular weight is 530 g/mol. The highest BCUT2D eigenvalue weighted by molar-refractivity contribution is 6.21. The molecule has 0 saturated heterocycles. The number of ether oxygens (including phenoxy) is 1. The van der Waals surface area contributed by atoms with E-state index >= 15 is 0 Å². The van der Waals surface area contributed by atoms with Gasteiger partial charge >= 0.3 is 0 Å². The number of benzene rings is 2. The van der Waals surface area contributed by atoms with Crippen molar-refractivity contribution in [2.45, 2.75) is 51.5 Å².